The van der Waals surface area contributed by atoms with Gasteiger partial charge in [0, 0.05) is 23.8 Å². The molecule has 5 rings (SSSR count). The van der Waals surface area contributed by atoms with Gasteiger partial charge in [0.25, 0.3) is 0 Å². The maximum atomic E-state index is 13.1. The van der Waals surface area contributed by atoms with Gasteiger partial charge in [0.2, 0.25) is 5.82 Å². The lowest BCUT2D eigenvalue weighted by Crippen LogP contribution is -2.31. The predicted octanol–water partition coefficient (Wildman–Crippen LogP) is 6.08. The van der Waals surface area contributed by atoms with E-state index in [0.29, 0.717) is 39.4 Å². The average molecular weight is 512 g/mol. The molecule has 3 heterocycles. The smallest absolute Gasteiger partial charge is 0.365 e. The fourth-order valence-electron chi connectivity index (χ4n) is 4.32. The summed E-state index contributed by atoms with van der Waals surface area (Å²) in [7, 11) is 0. The van der Waals surface area contributed by atoms with Crippen molar-refractivity contribution in [1.82, 2.24) is 24.5 Å². The molecule has 4 aromatic rings. The van der Waals surface area contributed by atoms with Crippen LogP contribution in [0, 0.1) is 17.2 Å². The van der Waals surface area contributed by atoms with E-state index in [4.69, 9.17) is 11.6 Å². The summed E-state index contributed by atoms with van der Waals surface area (Å²) in [6, 6.07) is 10.3. The van der Waals surface area contributed by atoms with Gasteiger partial charge in [-0.3, -0.25) is 4.98 Å². The molecule has 0 amide bonds. The largest absolute Gasteiger partial charge is 0.416 e. The molecule has 1 saturated carbocycles. The second-order valence-corrected chi connectivity index (χ2v) is 9.32. The molecule has 1 atom stereocenters. The number of benzene rings is 1. The van der Waals surface area contributed by atoms with E-state index in [1.165, 1.54) is 18.6 Å². The Labute approximate surface area is 210 Å². The number of aromatic nitrogens is 5. The van der Waals surface area contributed by atoms with Crippen LogP contribution in [-0.2, 0) is 12.7 Å². The van der Waals surface area contributed by atoms with Gasteiger partial charge < -0.3 is 9.88 Å². The first-order valence-electron chi connectivity index (χ1n) is 11.5. The van der Waals surface area contributed by atoms with Gasteiger partial charge in [0.1, 0.15) is 17.3 Å². The Balaban J connectivity index is 1.66. The molecule has 0 radical (unpaired) electrons. The van der Waals surface area contributed by atoms with Crippen LogP contribution in [0.2, 0.25) is 5.02 Å². The molecular formula is C25H21ClF3N7. The van der Waals surface area contributed by atoms with Gasteiger partial charge in [-0.2, -0.15) is 28.4 Å². The first kappa shape index (κ1) is 24.0. The first-order valence-corrected chi connectivity index (χ1v) is 11.8. The maximum Gasteiger partial charge on any atom is 0.416 e. The quantitative estimate of drug-likeness (QED) is 0.337. The first-order chi connectivity index (χ1) is 17.2. The van der Waals surface area contributed by atoms with Gasteiger partial charge in [-0.25, -0.2) is 4.98 Å². The molecule has 11 heteroatoms. The summed E-state index contributed by atoms with van der Waals surface area (Å²) in [5.74, 6) is 1.32. The molecular weight excluding hydrogens is 491 g/mol. The number of pyridine rings is 1. The zero-order valence-corrected chi connectivity index (χ0v) is 20.0. The van der Waals surface area contributed by atoms with Crippen molar-refractivity contribution in [2.45, 2.75) is 44.9 Å². The highest BCUT2D eigenvalue weighted by atomic mass is 35.5. The standard InChI is InChI=1S/C25H21ClF3N7/c1-14(16-3-2-4-16)32-22-21-23(34-20(12-30)33-22)35-24(19-11-18(26)9-10-31-19)36(21)13-15-5-7-17(8-6-15)25(27,28)29/h5-11,14,16H,2-4,13H2,1H3,(H,32,33,34)/t14-/m1/s1. The molecule has 184 valence electrons. The van der Waals surface area contributed by atoms with Crippen LogP contribution in [0.3, 0.4) is 0 Å². The van der Waals surface area contributed by atoms with Crippen molar-refractivity contribution in [2.24, 2.45) is 5.92 Å². The second kappa shape index (κ2) is 9.39. The van der Waals surface area contributed by atoms with E-state index >= 15 is 0 Å². The fourth-order valence-corrected chi connectivity index (χ4v) is 4.48. The van der Waals surface area contributed by atoms with Crippen LogP contribution in [0.25, 0.3) is 22.7 Å². The Morgan fingerprint density at radius 1 is 1.17 bits per heavy atom. The fraction of sp³-hybridized carbons (Fsp3) is 0.320. The zero-order valence-electron chi connectivity index (χ0n) is 19.2. The predicted molar refractivity (Wildman–Crippen MR) is 129 cm³/mol. The molecule has 0 spiro atoms. The molecule has 7 nitrogen and oxygen atoms in total. The number of hydrogen-bond acceptors (Lipinski definition) is 6. The number of imidazole rings is 1. The number of nitrogens with one attached hydrogen (secondary N) is 1. The van der Waals surface area contributed by atoms with Gasteiger partial charge in [0.05, 0.1) is 5.56 Å². The number of rotatable bonds is 6. The molecule has 3 aromatic heterocycles. The molecule has 1 aliphatic rings. The molecule has 1 aromatic carbocycles. The van der Waals surface area contributed by atoms with E-state index in [1.54, 1.807) is 22.9 Å². The van der Waals surface area contributed by atoms with Crippen molar-refractivity contribution in [3.63, 3.8) is 0 Å². The van der Waals surface area contributed by atoms with E-state index in [0.717, 1.165) is 25.0 Å². The molecule has 0 bridgehead atoms. The monoisotopic (exact) mass is 511 g/mol. The Morgan fingerprint density at radius 3 is 2.53 bits per heavy atom. The Kier molecular flexibility index (Phi) is 6.26. The third-order valence-corrected chi connectivity index (χ3v) is 6.73. The van der Waals surface area contributed by atoms with E-state index in [9.17, 15) is 18.4 Å². The minimum Gasteiger partial charge on any atom is -0.365 e. The van der Waals surface area contributed by atoms with Gasteiger partial charge in [-0.1, -0.05) is 30.2 Å². The number of nitriles is 1. The minimum absolute atomic E-state index is 0.0319. The number of fused-ring (bicyclic) bond motifs is 1. The minimum atomic E-state index is -4.42. The average Bonchev–Trinajstić information content (AvgIpc) is 3.16. The van der Waals surface area contributed by atoms with Crippen LogP contribution in [0.4, 0.5) is 19.0 Å². The zero-order chi connectivity index (χ0) is 25.4. The van der Waals surface area contributed by atoms with Crippen molar-refractivity contribution >= 4 is 28.6 Å². The van der Waals surface area contributed by atoms with Crippen molar-refractivity contribution in [3.05, 3.63) is 64.6 Å². The summed E-state index contributed by atoms with van der Waals surface area (Å²) in [5, 5.41) is 13.4. The van der Waals surface area contributed by atoms with Crippen LogP contribution in [0.5, 0.6) is 0 Å². The molecule has 0 unspecified atom stereocenters. The highest BCUT2D eigenvalue weighted by molar-refractivity contribution is 6.30. The van der Waals surface area contributed by atoms with Gasteiger partial charge in [-0.15, -0.1) is 0 Å². The number of halogens is 4. The van der Waals surface area contributed by atoms with Crippen LogP contribution in [0.1, 0.15) is 43.1 Å². The Bertz CT molecular complexity index is 1450. The summed E-state index contributed by atoms with van der Waals surface area (Å²) in [6.45, 7) is 2.25. The summed E-state index contributed by atoms with van der Waals surface area (Å²) in [6.07, 6.45) is 0.512. The lowest BCUT2D eigenvalue weighted by Gasteiger charge is -2.32. The number of nitrogens with zero attached hydrogens (tertiary/aromatic N) is 6. The number of anilines is 1. The SMILES string of the molecule is C[C@@H](Nc1nc(C#N)nc2nc(-c3cc(Cl)ccn3)n(Cc3ccc(C(F)(F)F)cc3)c12)C1CCC1. The van der Waals surface area contributed by atoms with E-state index in [-0.39, 0.29) is 24.1 Å². The Hall–Kier alpha value is -3.71. The summed E-state index contributed by atoms with van der Waals surface area (Å²) in [5.41, 5.74) is 1.18. The third-order valence-electron chi connectivity index (χ3n) is 6.50. The topological polar surface area (TPSA) is 92.3 Å². The lowest BCUT2D eigenvalue weighted by molar-refractivity contribution is -0.137. The molecule has 0 saturated heterocycles. The van der Waals surface area contributed by atoms with Crippen molar-refractivity contribution < 1.29 is 13.2 Å². The number of hydrogen-bond donors (Lipinski definition) is 1. The lowest BCUT2D eigenvalue weighted by atomic mass is 9.80. The van der Waals surface area contributed by atoms with Crippen LogP contribution >= 0.6 is 11.6 Å². The van der Waals surface area contributed by atoms with E-state index < -0.39 is 11.7 Å². The number of alkyl halides is 3. The molecule has 36 heavy (non-hydrogen) atoms. The van der Waals surface area contributed by atoms with Crippen LogP contribution < -0.4 is 5.32 Å². The van der Waals surface area contributed by atoms with Crippen molar-refractivity contribution in [1.29, 1.82) is 5.26 Å². The summed E-state index contributed by atoms with van der Waals surface area (Å²) < 4.78 is 41.1. The maximum absolute atomic E-state index is 13.1. The normalized spacial score (nSPS) is 14.9. The van der Waals surface area contributed by atoms with Gasteiger partial charge in [-0.05, 0) is 55.5 Å². The second-order valence-electron chi connectivity index (χ2n) is 8.88. The molecule has 0 aliphatic heterocycles. The van der Waals surface area contributed by atoms with Crippen molar-refractivity contribution in [3.8, 4) is 17.6 Å². The summed E-state index contributed by atoms with van der Waals surface area (Å²) >= 11 is 6.20. The van der Waals surface area contributed by atoms with Crippen molar-refractivity contribution in [2.75, 3.05) is 5.32 Å². The summed E-state index contributed by atoms with van der Waals surface area (Å²) in [4.78, 5) is 17.8. The van der Waals surface area contributed by atoms with Crippen LogP contribution in [-0.4, -0.2) is 30.5 Å². The molecule has 1 aliphatic carbocycles. The third kappa shape index (κ3) is 4.71. The van der Waals surface area contributed by atoms with Gasteiger partial charge >= 0.3 is 6.18 Å². The molecule has 1 N–H and O–H groups in total. The highest BCUT2D eigenvalue weighted by Gasteiger charge is 2.30. The molecule has 1 fully saturated rings. The van der Waals surface area contributed by atoms with Gasteiger partial charge in [0.15, 0.2) is 17.3 Å². The highest BCUT2D eigenvalue weighted by Crippen LogP contribution is 2.34. The van der Waals surface area contributed by atoms with E-state index in [1.807, 2.05) is 6.07 Å². The Morgan fingerprint density at radius 2 is 1.92 bits per heavy atom. The van der Waals surface area contributed by atoms with E-state index in [2.05, 4.69) is 32.2 Å². The van der Waals surface area contributed by atoms with Crippen LogP contribution in [0.15, 0.2) is 42.6 Å².